The first-order valence-corrected chi connectivity index (χ1v) is 11.8. The van der Waals surface area contributed by atoms with Crippen LogP contribution in [0.15, 0.2) is 90.5 Å². The quantitative estimate of drug-likeness (QED) is 0.210. The van der Waals surface area contributed by atoms with Crippen LogP contribution in [-0.2, 0) is 9.59 Å². The van der Waals surface area contributed by atoms with Gasteiger partial charge in [0.1, 0.15) is 28.6 Å². The number of carbonyl (C=O) groups excluding carboxylic acids is 2. The number of hydrogen-bond donors (Lipinski definition) is 1. The van der Waals surface area contributed by atoms with Crippen LogP contribution in [-0.4, -0.2) is 31.1 Å². The predicted octanol–water partition coefficient (Wildman–Crippen LogP) is 5.48. The van der Waals surface area contributed by atoms with E-state index in [1.54, 1.807) is 31.4 Å². The maximum atomic E-state index is 13.5. The third-order valence-electron chi connectivity index (χ3n) is 5.89. The summed E-state index contributed by atoms with van der Waals surface area (Å²) >= 11 is 5.34. The second-order valence-corrected chi connectivity index (χ2v) is 8.53. The van der Waals surface area contributed by atoms with Gasteiger partial charge in [-0.05, 0) is 78.3 Å². The van der Waals surface area contributed by atoms with E-state index in [0.717, 1.165) is 10.8 Å². The van der Waals surface area contributed by atoms with Crippen LogP contribution in [0.4, 0.5) is 5.69 Å². The molecule has 1 aliphatic heterocycles. The molecule has 1 saturated heterocycles. The van der Waals surface area contributed by atoms with Crippen molar-refractivity contribution in [2.75, 3.05) is 19.1 Å². The smallest absolute Gasteiger partial charge is 0.270 e. The molecule has 0 bridgehead atoms. The standard InChI is InChI=1S/C29H22N2O5S/c1-34-25-10-6-7-18-17-26(35-2)19(15-23(18)25)16-24-27(32)30-29(37)31(28(24)33)20-11-13-22(14-12-20)36-21-8-4-3-5-9-21/h3-17H,1-2H3,(H,30,32,37)/b24-16+. The molecule has 4 aromatic carbocycles. The molecule has 0 spiro atoms. The van der Waals surface area contributed by atoms with Gasteiger partial charge in [-0.15, -0.1) is 0 Å². The van der Waals surface area contributed by atoms with Gasteiger partial charge in [0, 0.05) is 10.9 Å². The zero-order chi connectivity index (χ0) is 25.9. The van der Waals surface area contributed by atoms with Crippen molar-refractivity contribution in [3.63, 3.8) is 0 Å². The summed E-state index contributed by atoms with van der Waals surface area (Å²) in [6.45, 7) is 0. The van der Waals surface area contributed by atoms with Crippen LogP contribution >= 0.6 is 12.2 Å². The molecule has 0 aromatic heterocycles. The van der Waals surface area contributed by atoms with E-state index in [4.69, 9.17) is 26.4 Å². The number of carbonyl (C=O) groups is 2. The Labute approximate surface area is 218 Å². The number of ether oxygens (including phenoxy) is 3. The molecule has 184 valence electrons. The first-order valence-electron chi connectivity index (χ1n) is 11.4. The molecule has 8 heteroatoms. The molecule has 1 N–H and O–H groups in total. The van der Waals surface area contributed by atoms with Crippen molar-refractivity contribution in [2.45, 2.75) is 0 Å². The zero-order valence-electron chi connectivity index (χ0n) is 20.1. The van der Waals surface area contributed by atoms with Gasteiger partial charge in [-0.25, -0.2) is 0 Å². The molecule has 1 fully saturated rings. The Morgan fingerprint density at radius 2 is 1.51 bits per heavy atom. The fourth-order valence-electron chi connectivity index (χ4n) is 4.10. The average Bonchev–Trinajstić information content (AvgIpc) is 2.91. The number of thiocarbonyl (C=S) groups is 1. The van der Waals surface area contributed by atoms with Crippen molar-refractivity contribution in [3.8, 4) is 23.0 Å². The largest absolute Gasteiger partial charge is 0.496 e. The SMILES string of the molecule is COc1cc2cccc(OC)c2cc1/C=C1\C(=O)NC(=S)N(c2ccc(Oc3ccccc3)cc2)C1=O. The summed E-state index contributed by atoms with van der Waals surface area (Å²) in [6.07, 6.45) is 1.50. The summed E-state index contributed by atoms with van der Waals surface area (Å²) in [5.41, 5.74) is 0.969. The molecule has 1 aliphatic rings. The number of para-hydroxylation sites is 1. The van der Waals surface area contributed by atoms with Crippen LogP contribution in [0.5, 0.6) is 23.0 Å². The minimum absolute atomic E-state index is 0.00368. The highest BCUT2D eigenvalue weighted by Gasteiger charge is 2.34. The second-order valence-electron chi connectivity index (χ2n) is 8.14. The minimum atomic E-state index is -0.586. The number of rotatable bonds is 6. The molecule has 0 atom stereocenters. The summed E-state index contributed by atoms with van der Waals surface area (Å²) in [5, 5.41) is 4.33. The van der Waals surface area contributed by atoms with Crippen LogP contribution in [0.3, 0.4) is 0 Å². The number of benzene rings is 4. The van der Waals surface area contributed by atoms with Crippen molar-refractivity contribution < 1.29 is 23.8 Å². The van der Waals surface area contributed by atoms with E-state index in [-0.39, 0.29) is 10.7 Å². The highest BCUT2D eigenvalue weighted by Crippen LogP contribution is 2.34. The normalized spacial score (nSPS) is 14.6. The average molecular weight is 511 g/mol. The summed E-state index contributed by atoms with van der Waals surface area (Å²) < 4.78 is 16.9. The Kier molecular flexibility index (Phi) is 6.57. The first kappa shape index (κ1) is 24.0. The number of hydrogen-bond acceptors (Lipinski definition) is 6. The number of anilines is 1. The molecule has 5 rings (SSSR count). The molecular formula is C29H22N2O5S. The van der Waals surface area contributed by atoms with Crippen molar-refractivity contribution in [1.29, 1.82) is 0 Å². The summed E-state index contributed by atoms with van der Waals surface area (Å²) in [7, 11) is 3.12. The fourth-order valence-corrected chi connectivity index (χ4v) is 4.38. The molecule has 2 amide bonds. The molecule has 1 heterocycles. The second kappa shape index (κ2) is 10.1. The van der Waals surface area contributed by atoms with E-state index in [9.17, 15) is 9.59 Å². The molecule has 0 unspecified atom stereocenters. The summed E-state index contributed by atoms with van der Waals surface area (Å²) in [5.74, 6) is 1.33. The van der Waals surface area contributed by atoms with Gasteiger partial charge < -0.3 is 14.2 Å². The third kappa shape index (κ3) is 4.74. The number of nitrogens with zero attached hydrogens (tertiary/aromatic N) is 1. The zero-order valence-corrected chi connectivity index (χ0v) is 20.9. The predicted molar refractivity (Wildman–Crippen MR) is 146 cm³/mol. The monoisotopic (exact) mass is 510 g/mol. The van der Waals surface area contributed by atoms with Crippen LogP contribution in [0.25, 0.3) is 16.8 Å². The third-order valence-corrected chi connectivity index (χ3v) is 6.17. The molecule has 7 nitrogen and oxygen atoms in total. The molecule has 37 heavy (non-hydrogen) atoms. The van der Waals surface area contributed by atoms with Crippen LogP contribution < -0.4 is 24.4 Å². The Hall–Kier alpha value is -4.69. The lowest BCUT2D eigenvalue weighted by Gasteiger charge is -2.29. The van der Waals surface area contributed by atoms with E-state index in [1.807, 2.05) is 60.7 Å². The van der Waals surface area contributed by atoms with E-state index in [2.05, 4.69) is 5.32 Å². The van der Waals surface area contributed by atoms with Gasteiger partial charge in [0.05, 0.1) is 19.9 Å². The van der Waals surface area contributed by atoms with Gasteiger partial charge in [-0.3, -0.25) is 19.8 Å². The van der Waals surface area contributed by atoms with Crippen LogP contribution in [0, 0.1) is 0 Å². The number of amides is 2. The number of methoxy groups -OCH3 is 2. The summed E-state index contributed by atoms with van der Waals surface area (Å²) in [4.78, 5) is 27.6. The lowest BCUT2D eigenvalue weighted by molar-refractivity contribution is -0.122. The van der Waals surface area contributed by atoms with Crippen molar-refractivity contribution >= 4 is 51.7 Å². The minimum Gasteiger partial charge on any atom is -0.496 e. The lowest BCUT2D eigenvalue weighted by atomic mass is 10.0. The van der Waals surface area contributed by atoms with Gasteiger partial charge >= 0.3 is 0 Å². The van der Waals surface area contributed by atoms with E-state index < -0.39 is 11.8 Å². The Morgan fingerprint density at radius 1 is 0.811 bits per heavy atom. The van der Waals surface area contributed by atoms with Crippen molar-refractivity contribution in [2.24, 2.45) is 0 Å². The maximum Gasteiger partial charge on any atom is 0.270 e. The number of nitrogens with one attached hydrogen (secondary N) is 1. The van der Waals surface area contributed by atoms with Gasteiger partial charge in [0.25, 0.3) is 11.8 Å². The molecule has 0 aliphatic carbocycles. The van der Waals surface area contributed by atoms with Crippen molar-refractivity contribution in [1.82, 2.24) is 5.32 Å². The van der Waals surface area contributed by atoms with Gasteiger partial charge in [-0.2, -0.15) is 0 Å². The molecule has 4 aromatic rings. The van der Waals surface area contributed by atoms with Crippen molar-refractivity contribution in [3.05, 3.63) is 96.1 Å². The van der Waals surface area contributed by atoms with E-state index in [1.165, 1.54) is 18.1 Å². The van der Waals surface area contributed by atoms with E-state index >= 15 is 0 Å². The van der Waals surface area contributed by atoms with Crippen LogP contribution in [0.1, 0.15) is 5.56 Å². The van der Waals surface area contributed by atoms with Gasteiger partial charge in [0.2, 0.25) is 0 Å². The Balaban J connectivity index is 1.49. The molecule has 0 radical (unpaired) electrons. The van der Waals surface area contributed by atoms with Gasteiger partial charge in [0.15, 0.2) is 5.11 Å². The molecular weight excluding hydrogens is 488 g/mol. The number of fused-ring (bicyclic) bond motifs is 1. The topological polar surface area (TPSA) is 77.1 Å². The molecule has 0 saturated carbocycles. The Morgan fingerprint density at radius 3 is 2.22 bits per heavy atom. The summed E-state index contributed by atoms with van der Waals surface area (Å²) in [6, 6.07) is 25.6. The maximum absolute atomic E-state index is 13.5. The lowest BCUT2D eigenvalue weighted by Crippen LogP contribution is -2.54. The van der Waals surface area contributed by atoms with Gasteiger partial charge in [-0.1, -0.05) is 30.3 Å². The highest BCUT2D eigenvalue weighted by atomic mass is 32.1. The first-order chi connectivity index (χ1) is 18.0. The van der Waals surface area contributed by atoms with E-state index in [0.29, 0.717) is 34.2 Å². The van der Waals surface area contributed by atoms with Crippen LogP contribution in [0.2, 0.25) is 0 Å². The fraction of sp³-hybridized carbons (Fsp3) is 0.0690. The Bertz CT molecular complexity index is 1550. The highest BCUT2D eigenvalue weighted by molar-refractivity contribution is 7.80.